The van der Waals surface area contributed by atoms with Gasteiger partial charge in [0.2, 0.25) is 5.83 Å². The summed E-state index contributed by atoms with van der Waals surface area (Å²) in [7, 11) is 0. The highest BCUT2D eigenvalue weighted by Gasteiger charge is 2.30. The molecule has 0 aromatic rings. The average Bonchev–Trinajstić information content (AvgIpc) is 1.82. The number of hydrogen-bond donors (Lipinski definition) is 1. The molecule has 0 aromatic heterocycles. The summed E-state index contributed by atoms with van der Waals surface area (Å²) in [6.07, 6.45) is 1.24. The van der Waals surface area contributed by atoms with Crippen molar-refractivity contribution in [2.24, 2.45) is 11.8 Å². The van der Waals surface area contributed by atoms with Crippen molar-refractivity contribution < 1.29 is 14.3 Å². The van der Waals surface area contributed by atoms with Gasteiger partial charge in [0.1, 0.15) is 0 Å². The molecular formula is C9H13FO2. The molecule has 0 aromatic carbocycles. The molecule has 1 fully saturated rings. The highest BCUT2D eigenvalue weighted by molar-refractivity contribution is 5.85. The first kappa shape index (κ1) is 9.23. The third kappa shape index (κ3) is 1.65. The maximum absolute atomic E-state index is 12.7. The summed E-state index contributed by atoms with van der Waals surface area (Å²) < 4.78 is 12.7. The second-order valence-electron chi connectivity index (χ2n) is 3.64. The van der Waals surface area contributed by atoms with Crippen molar-refractivity contribution in [3.8, 4) is 0 Å². The standard InChI is InChI=1S/C9H13FO2/c1-5(2)6-3-7(4-6)8(10)9(11)12/h5-6H,3-4H2,1-2H3,(H,11,12). The van der Waals surface area contributed by atoms with E-state index >= 15 is 0 Å². The van der Waals surface area contributed by atoms with Crippen LogP contribution in [0.1, 0.15) is 26.7 Å². The van der Waals surface area contributed by atoms with Gasteiger partial charge in [-0.05, 0) is 30.3 Å². The molecular weight excluding hydrogens is 159 g/mol. The molecule has 0 radical (unpaired) electrons. The van der Waals surface area contributed by atoms with Crippen LogP contribution in [0.3, 0.4) is 0 Å². The first-order valence-electron chi connectivity index (χ1n) is 4.13. The minimum absolute atomic E-state index is 0.473. The molecule has 0 bridgehead atoms. The molecule has 1 N–H and O–H groups in total. The Labute approximate surface area is 71.1 Å². The topological polar surface area (TPSA) is 37.3 Å². The third-order valence-electron chi connectivity index (χ3n) is 2.46. The molecule has 0 saturated heterocycles. The smallest absolute Gasteiger partial charge is 0.364 e. The number of hydrogen-bond acceptors (Lipinski definition) is 1. The Bertz CT molecular complexity index is 223. The summed E-state index contributed by atoms with van der Waals surface area (Å²) in [4.78, 5) is 10.2. The molecule has 0 atom stereocenters. The van der Waals surface area contributed by atoms with E-state index in [1.807, 2.05) is 0 Å². The molecule has 0 unspecified atom stereocenters. The second kappa shape index (κ2) is 3.25. The van der Waals surface area contributed by atoms with Crippen molar-refractivity contribution in [2.75, 3.05) is 0 Å². The van der Waals surface area contributed by atoms with E-state index in [0.717, 1.165) is 0 Å². The van der Waals surface area contributed by atoms with Crippen molar-refractivity contribution in [2.45, 2.75) is 26.7 Å². The minimum Gasteiger partial charge on any atom is -0.476 e. The van der Waals surface area contributed by atoms with Gasteiger partial charge in [0.25, 0.3) is 0 Å². The van der Waals surface area contributed by atoms with E-state index in [1.165, 1.54) is 0 Å². The molecule has 0 heterocycles. The number of rotatable bonds is 2. The predicted octanol–water partition coefficient (Wildman–Crippen LogP) is 2.36. The molecule has 12 heavy (non-hydrogen) atoms. The average molecular weight is 172 g/mol. The Balaban J connectivity index is 2.53. The van der Waals surface area contributed by atoms with E-state index in [-0.39, 0.29) is 0 Å². The van der Waals surface area contributed by atoms with Crippen molar-refractivity contribution in [1.82, 2.24) is 0 Å². The zero-order valence-electron chi connectivity index (χ0n) is 7.30. The second-order valence-corrected chi connectivity index (χ2v) is 3.64. The van der Waals surface area contributed by atoms with Gasteiger partial charge < -0.3 is 5.11 Å². The summed E-state index contributed by atoms with van der Waals surface area (Å²) in [6, 6.07) is 0. The van der Waals surface area contributed by atoms with Crippen LogP contribution in [0.2, 0.25) is 0 Å². The first-order valence-corrected chi connectivity index (χ1v) is 4.13. The van der Waals surface area contributed by atoms with E-state index in [2.05, 4.69) is 13.8 Å². The molecule has 1 saturated carbocycles. The van der Waals surface area contributed by atoms with Gasteiger partial charge in [0.05, 0.1) is 0 Å². The van der Waals surface area contributed by atoms with E-state index < -0.39 is 11.8 Å². The van der Waals surface area contributed by atoms with Crippen LogP contribution in [0.25, 0.3) is 0 Å². The van der Waals surface area contributed by atoms with E-state index in [9.17, 15) is 9.18 Å². The highest BCUT2D eigenvalue weighted by Crippen LogP contribution is 2.40. The summed E-state index contributed by atoms with van der Waals surface area (Å²) in [5, 5.41) is 8.31. The van der Waals surface area contributed by atoms with E-state index in [4.69, 9.17) is 5.11 Å². The number of carboxylic acid groups (broad SMARTS) is 1. The van der Waals surface area contributed by atoms with E-state index in [1.54, 1.807) is 0 Å². The van der Waals surface area contributed by atoms with Crippen LogP contribution >= 0.6 is 0 Å². The number of carboxylic acids is 1. The fourth-order valence-electron chi connectivity index (χ4n) is 1.38. The number of allylic oxidation sites excluding steroid dienone is 1. The van der Waals surface area contributed by atoms with Crippen LogP contribution in [0.4, 0.5) is 4.39 Å². The van der Waals surface area contributed by atoms with Crippen molar-refractivity contribution in [3.05, 3.63) is 11.4 Å². The first-order chi connectivity index (χ1) is 5.52. The number of aliphatic carboxylic acids is 1. The zero-order valence-corrected chi connectivity index (χ0v) is 7.30. The minimum atomic E-state index is -1.42. The molecule has 0 amide bonds. The number of halogens is 1. The van der Waals surface area contributed by atoms with Crippen molar-refractivity contribution in [3.63, 3.8) is 0 Å². The maximum atomic E-state index is 12.7. The number of carbonyl (C=O) groups is 1. The molecule has 2 nitrogen and oxygen atoms in total. The van der Waals surface area contributed by atoms with Crippen molar-refractivity contribution in [1.29, 1.82) is 0 Å². The maximum Gasteiger partial charge on any atom is 0.364 e. The molecule has 68 valence electrons. The fourth-order valence-corrected chi connectivity index (χ4v) is 1.38. The largest absolute Gasteiger partial charge is 0.476 e. The Morgan fingerprint density at radius 3 is 2.42 bits per heavy atom. The summed E-state index contributed by atoms with van der Waals surface area (Å²) >= 11 is 0. The molecule has 3 heteroatoms. The van der Waals surface area contributed by atoms with Gasteiger partial charge in [0.15, 0.2) is 0 Å². The fraction of sp³-hybridized carbons (Fsp3) is 0.667. The van der Waals surface area contributed by atoms with Gasteiger partial charge in [-0.1, -0.05) is 13.8 Å². The van der Waals surface area contributed by atoms with Gasteiger partial charge in [-0.2, -0.15) is 4.39 Å². The lowest BCUT2D eigenvalue weighted by molar-refractivity contribution is -0.134. The van der Waals surface area contributed by atoms with Gasteiger partial charge in [-0.25, -0.2) is 4.79 Å². The van der Waals surface area contributed by atoms with Crippen LogP contribution < -0.4 is 0 Å². The van der Waals surface area contributed by atoms with Gasteiger partial charge in [0, 0.05) is 0 Å². The Hall–Kier alpha value is -0.860. The summed E-state index contributed by atoms with van der Waals surface area (Å²) in [5.74, 6) is -1.36. The monoisotopic (exact) mass is 172 g/mol. The highest BCUT2D eigenvalue weighted by atomic mass is 19.1. The Morgan fingerprint density at radius 1 is 1.58 bits per heavy atom. The predicted molar refractivity (Wildman–Crippen MR) is 43.3 cm³/mol. The summed E-state index contributed by atoms with van der Waals surface area (Å²) in [5.41, 5.74) is 0.473. The van der Waals surface area contributed by atoms with Crippen LogP contribution in [-0.2, 0) is 4.79 Å². The van der Waals surface area contributed by atoms with Gasteiger partial charge in [-0.3, -0.25) is 0 Å². The quantitative estimate of drug-likeness (QED) is 0.649. The van der Waals surface area contributed by atoms with Gasteiger partial charge >= 0.3 is 5.97 Å². The lowest BCUT2D eigenvalue weighted by Crippen LogP contribution is -2.22. The third-order valence-corrected chi connectivity index (χ3v) is 2.46. The lowest BCUT2D eigenvalue weighted by Gasteiger charge is -2.32. The molecule has 1 rings (SSSR count). The molecule has 0 aliphatic heterocycles. The van der Waals surface area contributed by atoms with Crippen LogP contribution in [0.15, 0.2) is 11.4 Å². The molecule has 1 aliphatic carbocycles. The van der Waals surface area contributed by atoms with Crippen molar-refractivity contribution >= 4 is 5.97 Å². The zero-order chi connectivity index (χ0) is 9.30. The van der Waals surface area contributed by atoms with Crippen LogP contribution in [0, 0.1) is 11.8 Å². The molecule has 1 aliphatic rings. The normalized spacial score (nSPS) is 22.3. The Kier molecular flexibility index (Phi) is 2.50. The van der Waals surface area contributed by atoms with E-state index in [0.29, 0.717) is 30.3 Å². The van der Waals surface area contributed by atoms with Crippen LogP contribution in [0.5, 0.6) is 0 Å². The molecule has 0 spiro atoms. The Morgan fingerprint density at radius 2 is 2.08 bits per heavy atom. The summed E-state index contributed by atoms with van der Waals surface area (Å²) in [6.45, 7) is 4.14. The van der Waals surface area contributed by atoms with Crippen LogP contribution in [-0.4, -0.2) is 11.1 Å². The SMILES string of the molecule is CC(C)C1CC(=C(F)C(=O)O)C1. The lowest BCUT2D eigenvalue weighted by atomic mass is 9.73. The van der Waals surface area contributed by atoms with Gasteiger partial charge in [-0.15, -0.1) is 0 Å².